The lowest BCUT2D eigenvalue weighted by Gasteiger charge is -2.31. The van der Waals surface area contributed by atoms with Gasteiger partial charge in [-0.3, -0.25) is 14.5 Å². The second kappa shape index (κ2) is 10.1. The highest BCUT2D eigenvalue weighted by Gasteiger charge is 2.59. The number of amides is 1. The van der Waals surface area contributed by atoms with Crippen molar-refractivity contribution in [3.05, 3.63) is 121 Å². The number of carbonyl (C=O) groups is 2. The molecule has 0 bridgehead atoms. The van der Waals surface area contributed by atoms with Gasteiger partial charge < -0.3 is 0 Å². The van der Waals surface area contributed by atoms with E-state index in [1.807, 2.05) is 34.5 Å². The molecule has 1 atom stereocenters. The molecule has 1 fully saturated rings. The smallest absolute Gasteiger partial charge is 0.269 e. The van der Waals surface area contributed by atoms with Crippen LogP contribution < -0.4 is 20.8 Å². The van der Waals surface area contributed by atoms with Crippen LogP contribution in [0.4, 0.5) is 5.00 Å². The Morgan fingerprint density at radius 2 is 1.40 bits per heavy atom. The van der Waals surface area contributed by atoms with Gasteiger partial charge in [-0.15, -0.1) is 17.9 Å². The van der Waals surface area contributed by atoms with Gasteiger partial charge in [0.25, 0.3) is 5.91 Å². The number of carbonyl (C=O) groups excluding carboxylic acids is 2. The Bertz CT molecular complexity index is 1240. The van der Waals surface area contributed by atoms with Crippen molar-refractivity contribution >= 4 is 51.2 Å². The van der Waals surface area contributed by atoms with Crippen molar-refractivity contribution in [2.75, 3.05) is 11.4 Å². The third kappa shape index (κ3) is 4.07. The van der Waals surface area contributed by atoms with Gasteiger partial charge in [0.15, 0.2) is 11.4 Å². The first-order valence-corrected chi connectivity index (χ1v) is 14.5. The molecule has 1 amide bonds. The lowest BCUT2D eigenvalue weighted by molar-refractivity contribution is -0.116. The number of hydrogen-bond acceptors (Lipinski definition) is 3. The molecule has 0 saturated carbocycles. The maximum Gasteiger partial charge on any atom is 0.269 e. The topological polar surface area (TPSA) is 37.4 Å². The summed E-state index contributed by atoms with van der Waals surface area (Å²) in [4.78, 5) is 28.9. The number of thiophene rings is 1. The molecule has 3 aromatic carbocycles. The molecule has 4 aromatic rings. The van der Waals surface area contributed by atoms with Crippen LogP contribution in [-0.4, -0.2) is 23.9 Å². The average Bonchev–Trinajstić information content (AvgIpc) is 3.54. The van der Waals surface area contributed by atoms with Crippen LogP contribution in [0.2, 0.25) is 0 Å². The molecule has 3 nitrogen and oxygen atoms in total. The van der Waals surface area contributed by atoms with E-state index in [1.165, 1.54) is 27.3 Å². The SMILES string of the molecule is C=CCC(=O)c1ccsc1N1CCC([P+](c2ccccc2)(c2ccccc2)c2ccccc2)C1=O. The van der Waals surface area contributed by atoms with Crippen molar-refractivity contribution in [2.45, 2.75) is 18.5 Å². The Labute approximate surface area is 211 Å². The molecule has 174 valence electrons. The molecule has 2 heterocycles. The maximum absolute atomic E-state index is 14.3. The predicted molar refractivity (Wildman–Crippen MR) is 149 cm³/mol. The first kappa shape index (κ1) is 23.4. The maximum atomic E-state index is 14.3. The van der Waals surface area contributed by atoms with Crippen molar-refractivity contribution in [1.82, 2.24) is 0 Å². The molecule has 5 rings (SSSR count). The Kier molecular flexibility index (Phi) is 6.77. The zero-order chi connectivity index (χ0) is 24.3. The van der Waals surface area contributed by atoms with Crippen LogP contribution in [0.3, 0.4) is 0 Å². The normalized spacial score (nSPS) is 15.8. The van der Waals surface area contributed by atoms with Gasteiger partial charge >= 0.3 is 0 Å². The van der Waals surface area contributed by atoms with E-state index in [1.54, 1.807) is 6.08 Å². The number of anilines is 1. The molecule has 0 radical (unpaired) electrons. The minimum atomic E-state index is -2.34. The van der Waals surface area contributed by atoms with E-state index in [9.17, 15) is 9.59 Å². The molecular formula is C30H27NO2PS+. The van der Waals surface area contributed by atoms with Gasteiger partial charge in [-0.2, -0.15) is 0 Å². The third-order valence-corrected chi connectivity index (χ3v) is 12.3. The van der Waals surface area contributed by atoms with Gasteiger partial charge in [-0.1, -0.05) is 60.7 Å². The van der Waals surface area contributed by atoms with Gasteiger partial charge in [0.05, 0.1) is 5.56 Å². The van der Waals surface area contributed by atoms with Crippen LogP contribution >= 0.6 is 18.6 Å². The minimum absolute atomic E-state index is 0.00253. The Hall–Kier alpha value is -3.33. The van der Waals surface area contributed by atoms with Gasteiger partial charge in [0.1, 0.15) is 28.2 Å². The lowest BCUT2D eigenvalue weighted by atomic mass is 10.1. The summed E-state index contributed by atoms with van der Waals surface area (Å²) in [7, 11) is -2.34. The molecule has 0 aliphatic carbocycles. The Balaban J connectivity index is 1.68. The van der Waals surface area contributed by atoms with Crippen molar-refractivity contribution in [1.29, 1.82) is 0 Å². The molecule has 0 N–H and O–H groups in total. The number of Topliss-reactive ketones (excluding diaryl/α,β-unsaturated/α-hetero) is 1. The fraction of sp³-hybridized carbons (Fsp3) is 0.133. The first-order chi connectivity index (χ1) is 17.2. The molecule has 1 saturated heterocycles. The van der Waals surface area contributed by atoms with Crippen LogP contribution in [-0.2, 0) is 4.79 Å². The van der Waals surface area contributed by atoms with Crippen LogP contribution in [0, 0.1) is 0 Å². The molecule has 1 aromatic heterocycles. The lowest BCUT2D eigenvalue weighted by Crippen LogP contribution is -2.43. The summed E-state index contributed by atoms with van der Waals surface area (Å²) < 4.78 is 0. The molecule has 35 heavy (non-hydrogen) atoms. The number of benzene rings is 3. The number of allylic oxidation sites excluding steroid dienone is 1. The standard InChI is InChI=1S/C30H27NO2PS/c1-2-12-27(32)26-20-22-35-30(26)31-21-19-28(29(31)33)34(23-13-6-3-7-14-23,24-15-8-4-9-16-24)25-17-10-5-11-18-25/h2-11,13-18,20,22,28H,1,12,19,21H2/q+1. The average molecular weight is 497 g/mol. The second-order valence-electron chi connectivity index (χ2n) is 8.58. The summed E-state index contributed by atoms with van der Waals surface area (Å²) in [6.07, 6.45) is 2.62. The largest absolute Gasteiger partial charge is 0.300 e. The molecule has 1 aliphatic heterocycles. The van der Waals surface area contributed by atoms with E-state index in [0.717, 1.165) is 11.4 Å². The molecule has 1 unspecified atom stereocenters. The van der Waals surface area contributed by atoms with Gasteiger partial charge in [-0.05, 0) is 47.8 Å². The van der Waals surface area contributed by atoms with Gasteiger partial charge in [-0.25, -0.2) is 0 Å². The van der Waals surface area contributed by atoms with Crippen molar-refractivity contribution in [3.8, 4) is 0 Å². The van der Waals surface area contributed by atoms with E-state index in [0.29, 0.717) is 12.1 Å². The second-order valence-corrected chi connectivity index (χ2v) is 13.1. The van der Waals surface area contributed by atoms with Crippen molar-refractivity contribution < 1.29 is 9.59 Å². The summed E-state index contributed by atoms with van der Waals surface area (Å²) >= 11 is 1.47. The number of nitrogens with zero attached hydrogens (tertiary/aromatic N) is 1. The van der Waals surface area contributed by atoms with Crippen molar-refractivity contribution in [2.24, 2.45) is 0 Å². The summed E-state index contributed by atoms with van der Waals surface area (Å²) in [6.45, 7) is 4.31. The molecule has 1 aliphatic rings. The Morgan fingerprint density at radius 3 is 1.89 bits per heavy atom. The summed E-state index contributed by atoms with van der Waals surface area (Å²) in [6, 6.07) is 33.4. The fourth-order valence-corrected chi connectivity index (χ4v) is 11.0. The Morgan fingerprint density at radius 1 is 0.886 bits per heavy atom. The summed E-state index contributed by atoms with van der Waals surface area (Å²) in [5.41, 5.74) is 0.408. The minimum Gasteiger partial charge on any atom is -0.300 e. The van der Waals surface area contributed by atoms with Gasteiger partial charge in [0, 0.05) is 19.4 Å². The van der Waals surface area contributed by atoms with Crippen LogP contribution in [0.1, 0.15) is 23.2 Å². The fourth-order valence-electron chi connectivity index (χ4n) is 5.17. The van der Waals surface area contributed by atoms with Crippen LogP contribution in [0.15, 0.2) is 115 Å². The molecule has 5 heteroatoms. The number of rotatable bonds is 8. The summed E-state index contributed by atoms with van der Waals surface area (Å²) in [5, 5.41) is 6.27. The van der Waals surface area contributed by atoms with Gasteiger partial charge in [0.2, 0.25) is 0 Å². The number of ketones is 1. The highest BCUT2D eigenvalue weighted by molar-refractivity contribution is 7.97. The zero-order valence-corrected chi connectivity index (χ0v) is 21.1. The van der Waals surface area contributed by atoms with E-state index < -0.39 is 7.26 Å². The summed E-state index contributed by atoms with van der Waals surface area (Å²) in [5.74, 6) is 0.104. The predicted octanol–water partition coefficient (Wildman–Crippen LogP) is 5.61. The highest BCUT2D eigenvalue weighted by Crippen LogP contribution is 2.62. The van der Waals surface area contributed by atoms with E-state index in [2.05, 4.69) is 79.4 Å². The third-order valence-electron chi connectivity index (χ3n) is 6.66. The van der Waals surface area contributed by atoms with Crippen LogP contribution in [0.25, 0.3) is 0 Å². The van der Waals surface area contributed by atoms with E-state index in [4.69, 9.17) is 0 Å². The van der Waals surface area contributed by atoms with Crippen molar-refractivity contribution in [3.63, 3.8) is 0 Å². The van der Waals surface area contributed by atoms with E-state index in [-0.39, 0.29) is 23.8 Å². The first-order valence-electron chi connectivity index (χ1n) is 11.8. The van der Waals surface area contributed by atoms with Crippen LogP contribution in [0.5, 0.6) is 0 Å². The molecule has 0 spiro atoms. The zero-order valence-electron chi connectivity index (χ0n) is 19.4. The number of hydrogen-bond donors (Lipinski definition) is 0. The van der Waals surface area contributed by atoms with E-state index >= 15 is 0 Å². The quantitative estimate of drug-likeness (QED) is 0.181. The molecular weight excluding hydrogens is 469 g/mol. The highest BCUT2D eigenvalue weighted by atomic mass is 32.1. The monoisotopic (exact) mass is 496 g/mol.